The number of hydrogen-bond donors (Lipinski definition) is 1. The summed E-state index contributed by atoms with van der Waals surface area (Å²) >= 11 is 0. The Morgan fingerprint density at radius 3 is 3.30 bits per heavy atom. The molecule has 1 heterocycles. The number of carbonyl (C=O) groups excluding carboxylic acids is 1. The van der Waals surface area contributed by atoms with Crippen molar-refractivity contribution in [3.63, 3.8) is 0 Å². The zero-order valence-corrected chi connectivity index (χ0v) is 6.72. The van der Waals surface area contributed by atoms with E-state index in [1.807, 2.05) is 6.08 Å². The fourth-order valence-corrected chi connectivity index (χ4v) is 2.86. The third-order valence-electron chi connectivity index (χ3n) is 1.37. The van der Waals surface area contributed by atoms with E-state index in [1.54, 1.807) is 27.8 Å². The number of carbonyl (C=O) groups is 1. The maximum atomic E-state index is 10.8. The van der Waals surface area contributed by atoms with Crippen molar-refractivity contribution in [2.45, 2.75) is 6.42 Å². The van der Waals surface area contributed by atoms with Crippen molar-refractivity contribution < 1.29 is 4.79 Å². The van der Waals surface area contributed by atoms with Crippen LogP contribution in [0.4, 0.5) is 0 Å². The molecule has 4 heteroatoms. The van der Waals surface area contributed by atoms with Gasteiger partial charge in [-0.25, -0.2) is 0 Å². The number of rotatable bonds is 0. The SMILES string of the molecule is O=C1C=CC2=C(C1)NSS2. The van der Waals surface area contributed by atoms with E-state index in [2.05, 4.69) is 4.72 Å². The Morgan fingerprint density at radius 1 is 1.50 bits per heavy atom. The van der Waals surface area contributed by atoms with E-state index in [1.165, 1.54) is 4.91 Å². The van der Waals surface area contributed by atoms with Crippen molar-refractivity contribution in [2.75, 3.05) is 0 Å². The monoisotopic (exact) mass is 171 g/mol. The summed E-state index contributed by atoms with van der Waals surface area (Å²) in [4.78, 5) is 12.0. The smallest absolute Gasteiger partial charge is 0.161 e. The standard InChI is InChI=1S/C6H5NOS2/c8-4-1-2-6-5(3-4)7-10-9-6/h1-2,7H,3H2. The molecule has 0 radical (unpaired) electrons. The molecule has 2 rings (SSSR count). The van der Waals surface area contributed by atoms with Crippen molar-refractivity contribution in [2.24, 2.45) is 0 Å². The van der Waals surface area contributed by atoms with E-state index in [-0.39, 0.29) is 5.78 Å². The average molecular weight is 171 g/mol. The maximum Gasteiger partial charge on any atom is 0.161 e. The Kier molecular flexibility index (Phi) is 1.50. The molecule has 0 bridgehead atoms. The van der Waals surface area contributed by atoms with Crippen LogP contribution in [0.25, 0.3) is 0 Å². The van der Waals surface area contributed by atoms with Gasteiger partial charge in [0.1, 0.15) is 0 Å². The molecule has 1 aliphatic heterocycles. The van der Waals surface area contributed by atoms with Crippen LogP contribution in [-0.2, 0) is 4.79 Å². The molecular formula is C6H5NOS2. The molecule has 52 valence electrons. The van der Waals surface area contributed by atoms with Crippen LogP contribution < -0.4 is 4.72 Å². The molecule has 0 amide bonds. The predicted octanol–water partition coefficient (Wildman–Crippen LogP) is 1.63. The van der Waals surface area contributed by atoms with Gasteiger partial charge in [0.25, 0.3) is 0 Å². The maximum absolute atomic E-state index is 10.8. The number of allylic oxidation sites excluding steroid dienone is 3. The molecule has 0 aromatic heterocycles. The molecule has 0 atom stereocenters. The topological polar surface area (TPSA) is 29.1 Å². The summed E-state index contributed by atoms with van der Waals surface area (Å²) in [5, 5.41) is 0. The van der Waals surface area contributed by atoms with Gasteiger partial charge in [0, 0.05) is 21.6 Å². The second-order valence-corrected chi connectivity index (χ2v) is 4.07. The molecule has 0 fully saturated rings. The first-order chi connectivity index (χ1) is 4.86. The minimum Gasteiger partial charge on any atom is -0.323 e. The molecule has 0 aromatic carbocycles. The summed E-state index contributed by atoms with van der Waals surface area (Å²) < 4.78 is 3.08. The van der Waals surface area contributed by atoms with Gasteiger partial charge < -0.3 is 4.72 Å². The van der Waals surface area contributed by atoms with E-state index < -0.39 is 0 Å². The summed E-state index contributed by atoms with van der Waals surface area (Å²) in [7, 11) is 3.25. The van der Waals surface area contributed by atoms with Gasteiger partial charge in [-0.15, -0.1) is 0 Å². The van der Waals surface area contributed by atoms with Gasteiger partial charge >= 0.3 is 0 Å². The highest BCUT2D eigenvalue weighted by Crippen LogP contribution is 2.40. The second-order valence-electron chi connectivity index (χ2n) is 2.09. The molecule has 10 heavy (non-hydrogen) atoms. The largest absolute Gasteiger partial charge is 0.323 e. The van der Waals surface area contributed by atoms with Crippen LogP contribution in [0.2, 0.25) is 0 Å². The Bertz CT molecular complexity index is 244. The molecule has 2 nitrogen and oxygen atoms in total. The van der Waals surface area contributed by atoms with Crippen molar-refractivity contribution in [3.05, 3.63) is 22.8 Å². The van der Waals surface area contributed by atoms with E-state index in [0.717, 1.165) is 5.70 Å². The minimum absolute atomic E-state index is 0.189. The predicted molar refractivity (Wildman–Crippen MR) is 44.1 cm³/mol. The Morgan fingerprint density at radius 2 is 2.40 bits per heavy atom. The van der Waals surface area contributed by atoms with Crippen molar-refractivity contribution in [1.82, 2.24) is 4.72 Å². The third kappa shape index (κ3) is 0.973. The van der Waals surface area contributed by atoms with Crippen molar-refractivity contribution >= 4 is 27.6 Å². The van der Waals surface area contributed by atoms with Crippen LogP contribution in [0.3, 0.4) is 0 Å². The highest BCUT2D eigenvalue weighted by atomic mass is 33.1. The fraction of sp³-hybridized carbons (Fsp3) is 0.167. The van der Waals surface area contributed by atoms with E-state index in [4.69, 9.17) is 0 Å². The quantitative estimate of drug-likeness (QED) is 0.443. The fourth-order valence-electron chi connectivity index (χ4n) is 0.870. The van der Waals surface area contributed by atoms with Crippen LogP contribution >= 0.6 is 21.8 Å². The van der Waals surface area contributed by atoms with Gasteiger partial charge in [0.05, 0.1) is 6.42 Å². The van der Waals surface area contributed by atoms with Crippen LogP contribution in [-0.4, -0.2) is 5.78 Å². The summed E-state index contributed by atoms with van der Waals surface area (Å²) in [6.45, 7) is 0. The zero-order valence-electron chi connectivity index (χ0n) is 5.09. The van der Waals surface area contributed by atoms with E-state index in [9.17, 15) is 4.79 Å². The van der Waals surface area contributed by atoms with Crippen molar-refractivity contribution in [1.29, 1.82) is 0 Å². The molecule has 0 aromatic rings. The summed E-state index contributed by atoms with van der Waals surface area (Å²) in [5.74, 6) is 0.189. The third-order valence-corrected chi connectivity index (χ3v) is 3.38. The first-order valence-corrected chi connectivity index (χ1v) is 5.05. The molecule has 1 aliphatic carbocycles. The van der Waals surface area contributed by atoms with Crippen LogP contribution in [0.15, 0.2) is 22.8 Å². The molecule has 0 spiro atoms. The summed E-state index contributed by atoms with van der Waals surface area (Å²) in [6, 6.07) is 0. The van der Waals surface area contributed by atoms with Gasteiger partial charge in [0.15, 0.2) is 5.78 Å². The zero-order chi connectivity index (χ0) is 6.97. The second kappa shape index (κ2) is 2.36. The van der Waals surface area contributed by atoms with Crippen LogP contribution in [0, 0.1) is 0 Å². The van der Waals surface area contributed by atoms with Gasteiger partial charge in [-0.2, -0.15) is 0 Å². The number of hydrogen-bond acceptors (Lipinski definition) is 4. The highest BCUT2D eigenvalue weighted by molar-refractivity contribution is 8.78. The van der Waals surface area contributed by atoms with Gasteiger partial charge in [-0.1, -0.05) is 0 Å². The minimum atomic E-state index is 0.189. The molecule has 2 aliphatic rings. The summed E-state index contributed by atoms with van der Waals surface area (Å²) in [5.41, 5.74) is 1.07. The normalized spacial score (nSPS) is 23.0. The molecule has 1 N–H and O–H groups in total. The van der Waals surface area contributed by atoms with E-state index >= 15 is 0 Å². The first kappa shape index (κ1) is 6.37. The Balaban J connectivity index is 2.30. The lowest BCUT2D eigenvalue weighted by Crippen LogP contribution is -2.07. The Hall–Kier alpha value is -0.350. The first-order valence-electron chi connectivity index (χ1n) is 2.90. The molecular weight excluding hydrogens is 166 g/mol. The molecule has 0 saturated heterocycles. The van der Waals surface area contributed by atoms with Crippen molar-refractivity contribution in [3.8, 4) is 0 Å². The average Bonchev–Trinajstić information content (AvgIpc) is 2.33. The van der Waals surface area contributed by atoms with Gasteiger partial charge in [-0.3, -0.25) is 4.79 Å². The number of ketones is 1. The van der Waals surface area contributed by atoms with Crippen LogP contribution in [0.5, 0.6) is 0 Å². The van der Waals surface area contributed by atoms with Gasteiger partial charge in [-0.05, 0) is 22.9 Å². The summed E-state index contributed by atoms with van der Waals surface area (Å²) in [6.07, 6.45) is 4.06. The van der Waals surface area contributed by atoms with Gasteiger partial charge in [0.2, 0.25) is 0 Å². The number of nitrogens with one attached hydrogen (secondary N) is 1. The molecule has 0 saturated carbocycles. The Labute approximate surface area is 66.7 Å². The molecule has 0 unspecified atom stereocenters. The van der Waals surface area contributed by atoms with Crippen LogP contribution in [0.1, 0.15) is 6.42 Å². The lowest BCUT2D eigenvalue weighted by Gasteiger charge is -2.03. The highest BCUT2D eigenvalue weighted by Gasteiger charge is 2.18. The lowest BCUT2D eigenvalue weighted by molar-refractivity contribution is -0.114. The lowest BCUT2D eigenvalue weighted by atomic mass is 10.1. The van der Waals surface area contributed by atoms with E-state index in [0.29, 0.717) is 6.42 Å².